The molecule has 0 aliphatic carbocycles. The Kier molecular flexibility index (Phi) is 7.79. The summed E-state index contributed by atoms with van der Waals surface area (Å²) in [7, 11) is 0. The van der Waals surface area contributed by atoms with Crippen molar-refractivity contribution in [3.63, 3.8) is 0 Å². The second-order valence-electron chi connectivity index (χ2n) is 4.11. The van der Waals surface area contributed by atoms with Crippen molar-refractivity contribution in [1.82, 2.24) is 5.32 Å². The highest BCUT2D eigenvalue weighted by Crippen LogP contribution is 2.01. The van der Waals surface area contributed by atoms with Crippen LogP contribution in [0.25, 0.3) is 0 Å². The molecule has 106 valence electrons. The van der Waals surface area contributed by atoms with E-state index in [1.165, 1.54) is 0 Å². The molecule has 0 spiro atoms. The number of carbonyl (C=O) groups is 2. The smallest absolute Gasteiger partial charge is 0.328 e. The molecule has 0 aliphatic heterocycles. The van der Waals surface area contributed by atoms with Crippen molar-refractivity contribution in [2.24, 2.45) is 5.73 Å². The molecule has 0 aromatic heterocycles. The topological polar surface area (TPSA) is 81.4 Å². The van der Waals surface area contributed by atoms with E-state index in [1.54, 1.807) is 13.8 Å². The van der Waals surface area contributed by atoms with Gasteiger partial charge >= 0.3 is 5.97 Å². The molecule has 1 rings (SSSR count). The minimum atomic E-state index is -0.702. The zero-order valence-corrected chi connectivity index (χ0v) is 11.8. The first kappa shape index (κ1) is 17.4. The summed E-state index contributed by atoms with van der Waals surface area (Å²) >= 11 is 0. The first-order valence-corrected chi connectivity index (χ1v) is 5.77. The molecular formula is C13H19ClN2O3. The molecule has 1 aromatic rings. The molecule has 0 fully saturated rings. The van der Waals surface area contributed by atoms with Crippen molar-refractivity contribution in [1.29, 1.82) is 0 Å². The van der Waals surface area contributed by atoms with Gasteiger partial charge in [-0.05, 0) is 19.4 Å². The lowest BCUT2D eigenvalue weighted by molar-refractivity contribution is -0.148. The molecule has 0 unspecified atom stereocenters. The number of hydrogen-bond donors (Lipinski definition) is 2. The second kappa shape index (κ2) is 8.50. The number of halogens is 1. The number of rotatable bonds is 5. The summed E-state index contributed by atoms with van der Waals surface area (Å²) in [6.45, 7) is 3.31. The van der Waals surface area contributed by atoms with Crippen LogP contribution in [0, 0.1) is 0 Å². The van der Waals surface area contributed by atoms with Crippen LogP contribution < -0.4 is 11.1 Å². The van der Waals surface area contributed by atoms with Gasteiger partial charge in [-0.1, -0.05) is 30.3 Å². The summed E-state index contributed by atoms with van der Waals surface area (Å²) in [6, 6.07) is 7.99. The van der Waals surface area contributed by atoms with Crippen molar-refractivity contribution in [3.8, 4) is 0 Å². The van der Waals surface area contributed by atoms with Crippen molar-refractivity contribution in [2.45, 2.75) is 32.5 Å². The molecule has 6 heteroatoms. The molecule has 5 nitrogen and oxygen atoms in total. The SMILES string of the molecule is C[C@H](N)C(=O)N[C@H](C)C(=O)OCc1ccccc1.Cl. The second-order valence-corrected chi connectivity index (χ2v) is 4.11. The van der Waals surface area contributed by atoms with Crippen molar-refractivity contribution in [2.75, 3.05) is 0 Å². The largest absolute Gasteiger partial charge is 0.459 e. The normalized spacial score (nSPS) is 12.8. The number of nitrogens with two attached hydrogens (primary N) is 1. The van der Waals surface area contributed by atoms with E-state index in [0.29, 0.717) is 0 Å². The summed E-state index contributed by atoms with van der Waals surface area (Å²) < 4.78 is 5.08. The minimum Gasteiger partial charge on any atom is -0.459 e. The highest BCUT2D eigenvalue weighted by Gasteiger charge is 2.18. The van der Waals surface area contributed by atoms with E-state index in [2.05, 4.69) is 5.32 Å². The van der Waals surface area contributed by atoms with Gasteiger partial charge in [-0.15, -0.1) is 12.4 Å². The molecule has 19 heavy (non-hydrogen) atoms. The summed E-state index contributed by atoms with van der Waals surface area (Å²) in [5.41, 5.74) is 6.28. The summed E-state index contributed by atoms with van der Waals surface area (Å²) in [4.78, 5) is 22.9. The predicted octanol–water partition coefficient (Wildman–Crippen LogP) is 1.00. The number of esters is 1. The van der Waals surface area contributed by atoms with E-state index in [-0.39, 0.29) is 24.9 Å². The molecule has 0 aliphatic rings. The van der Waals surface area contributed by atoms with Crippen LogP contribution in [0.1, 0.15) is 19.4 Å². The number of amides is 1. The average molecular weight is 287 g/mol. The van der Waals surface area contributed by atoms with Crippen LogP contribution in [0.4, 0.5) is 0 Å². The average Bonchev–Trinajstić information content (AvgIpc) is 2.36. The fourth-order valence-electron chi connectivity index (χ4n) is 1.26. The highest BCUT2D eigenvalue weighted by molar-refractivity contribution is 5.86. The van der Waals surface area contributed by atoms with Crippen molar-refractivity contribution < 1.29 is 14.3 Å². The van der Waals surface area contributed by atoms with E-state index < -0.39 is 18.1 Å². The predicted molar refractivity (Wildman–Crippen MR) is 74.7 cm³/mol. The van der Waals surface area contributed by atoms with Gasteiger partial charge in [-0.25, -0.2) is 4.79 Å². The number of nitrogens with one attached hydrogen (secondary N) is 1. The van der Waals surface area contributed by atoms with Crippen LogP contribution in [-0.2, 0) is 20.9 Å². The van der Waals surface area contributed by atoms with Gasteiger partial charge in [0.25, 0.3) is 0 Å². The van der Waals surface area contributed by atoms with Gasteiger partial charge in [0.05, 0.1) is 6.04 Å². The minimum absolute atomic E-state index is 0. The van der Waals surface area contributed by atoms with Crippen molar-refractivity contribution >= 4 is 24.3 Å². The zero-order valence-electron chi connectivity index (χ0n) is 11.0. The van der Waals surface area contributed by atoms with Gasteiger partial charge in [0, 0.05) is 0 Å². The van der Waals surface area contributed by atoms with Gasteiger partial charge < -0.3 is 15.8 Å². The molecule has 0 bridgehead atoms. The first-order valence-electron chi connectivity index (χ1n) is 5.77. The van der Waals surface area contributed by atoms with Crippen LogP contribution in [-0.4, -0.2) is 24.0 Å². The van der Waals surface area contributed by atoms with Crippen LogP contribution in [0.15, 0.2) is 30.3 Å². The third kappa shape index (κ3) is 6.22. The lowest BCUT2D eigenvalue weighted by Gasteiger charge is -2.14. The third-order valence-corrected chi connectivity index (χ3v) is 2.35. The van der Waals surface area contributed by atoms with E-state index in [9.17, 15) is 9.59 Å². The fourth-order valence-corrected chi connectivity index (χ4v) is 1.26. The Labute approximate surface area is 118 Å². The highest BCUT2D eigenvalue weighted by atomic mass is 35.5. The third-order valence-electron chi connectivity index (χ3n) is 2.35. The molecule has 0 saturated heterocycles. The van der Waals surface area contributed by atoms with E-state index in [1.807, 2.05) is 30.3 Å². The van der Waals surface area contributed by atoms with Gasteiger partial charge in [-0.2, -0.15) is 0 Å². The fraction of sp³-hybridized carbons (Fsp3) is 0.385. The maximum absolute atomic E-state index is 11.6. The number of ether oxygens (including phenoxy) is 1. The standard InChI is InChI=1S/C13H18N2O3.ClH/c1-9(14)12(16)15-10(2)13(17)18-8-11-6-4-3-5-7-11;/h3-7,9-10H,8,14H2,1-2H3,(H,15,16);1H/t9-,10+;/m0./s1. The van der Waals surface area contributed by atoms with Crippen LogP contribution >= 0.6 is 12.4 Å². The van der Waals surface area contributed by atoms with E-state index in [4.69, 9.17) is 10.5 Å². The quantitative estimate of drug-likeness (QED) is 0.792. The molecule has 0 saturated carbocycles. The molecular weight excluding hydrogens is 268 g/mol. The lowest BCUT2D eigenvalue weighted by Crippen LogP contribution is -2.46. The van der Waals surface area contributed by atoms with Crippen LogP contribution in [0.3, 0.4) is 0 Å². The molecule has 1 aromatic carbocycles. The summed E-state index contributed by atoms with van der Waals surface area (Å²) in [6.07, 6.45) is 0. The summed E-state index contributed by atoms with van der Waals surface area (Å²) in [5.74, 6) is -0.855. The summed E-state index contributed by atoms with van der Waals surface area (Å²) in [5, 5.41) is 2.48. The zero-order chi connectivity index (χ0) is 13.5. The molecule has 2 atom stereocenters. The van der Waals surface area contributed by atoms with Crippen molar-refractivity contribution in [3.05, 3.63) is 35.9 Å². The maximum Gasteiger partial charge on any atom is 0.328 e. The van der Waals surface area contributed by atoms with E-state index >= 15 is 0 Å². The maximum atomic E-state index is 11.6. The number of hydrogen-bond acceptors (Lipinski definition) is 4. The Morgan fingerprint density at radius 2 is 1.84 bits per heavy atom. The number of benzene rings is 1. The van der Waals surface area contributed by atoms with Gasteiger partial charge in [0.2, 0.25) is 5.91 Å². The Morgan fingerprint density at radius 1 is 1.26 bits per heavy atom. The number of carbonyl (C=O) groups excluding carboxylic acids is 2. The Balaban J connectivity index is 0.00000324. The van der Waals surface area contributed by atoms with Gasteiger partial charge in [0.1, 0.15) is 12.6 Å². The molecule has 3 N–H and O–H groups in total. The van der Waals surface area contributed by atoms with Gasteiger partial charge in [-0.3, -0.25) is 4.79 Å². The Morgan fingerprint density at radius 3 is 2.37 bits per heavy atom. The van der Waals surface area contributed by atoms with Crippen LogP contribution in [0.2, 0.25) is 0 Å². The van der Waals surface area contributed by atoms with Gasteiger partial charge in [0.15, 0.2) is 0 Å². The Hall–Kier alpha value is -1.59. The first-order chi connectivity index (χ1) is 8.50. The molecule has 0 radical (unpaired) electrons. The molecule has 1 amide bonds. The lowest BCUT2D eigenvalue weighted by atomic mass is 10.2. The van der Waals surface area contributed by atoms with E-state index in [0.717, 1.165) is 5.56 Å². The Bertz CT molecular complexity index is 410. The molecule has 0 heterocycles. The monoisotopic (exact) mass is 286 g/mol. The van der Waals surface area contributed by atoms with Crippen LogP contribution in [0.5, 0.6) is 0 Å².